The first-order valence-electron chi connectivity index (χ1n) is 1.96. The van der Waals surface area contributed by atoms with E-state index < -0.39 is 5.97 Å². The molecule has 8 heavy (non-hydrogen) atoms. The normalized spacial score (nSPS) is 7.38. The maximum atomic E-state index is 9.76. The van der Waals surface area contributed by atoms with Crippen molar-refractivity contribution in [3.8, 4) is 6.07 Å². The first-order valence-corrected chi connectivity index (χ1v) is 1.96. The van der Waals surface area contributed by atoms with Gasteiger partial charge in [0, 0.05) is 5.57 Å². The summed E-state index contributed by atoms with van der Waals surface area (Å²) in [7, 11) is 0. The van der Waals surface area contributed by atoms with Crippen LogP contribution in [0.4, 0.5) is 0 Å². The number of carboxylic acid groups (broad SMARTS) is 1. The summed E-state index contributed by atoms with van der Waals surface area (Å²) >= 11 is 0. The Hall–Kier alpha value is -1.30. The van der Waals surface area contributed by atoms with Crippen molar-refractivity contribution < 1.29 is 9.90 Å². The number of hydrogen-bond acceptors (Lipinski definition) is 2. The summed E-state index contributed by atoms with van der Waals surface area (Å²) in [5.74, 6) is -1.02. The van der Waals surface area contributed by atoms with Gasteiger partial charge in [0.05, 0.1) is 12.5 Å². The summed E-state index contributed by atoms with van der Waals surface area (Å²) in [6.07, 6.45) is -0.253. The molecule has 0 bridgehead atoms. The van der Waals surface area contributed by atoms with E-state index in [0.29, 0.717) is 0 Å². The highest BCUT2D eigenvalue weighted by atomic mass is 16.4. The van der Waals surface area contributed by atoms with Crippen LogP contribution in [0, 0.1) is 11.3 Å². The lowest BCUT2D eigenvalue weighted by atomic mass is 10.2. The third-order valence-electron chi connectivity index (χ3n) is 0.523. The molecule has 0 aromatic heterocycles. The largest absolute Gasteiger partial charge is 0.481 e. The molecule has 0 rings (SSSR count). The molecule has 0 aliphatic heterocycles. The summed E-state index contributed by atoms with van der Waals surface area (Å²) in [4.78, 5) is 9.76. The van der Waals surface area contributed by atoms with E-state index >= 15 is 0 Å². The highest BCUT2D eigenvalue weighted by Crippen LogP contribution is 1.92. The summed E-state index contributed by atoms with van der Waals surface area (Å²) in [6, 6.07) is 1.62. The van der Waals surface area contributed by atoms with Crippen molar-refractivity contribution in [1.82, 2.24) is 0 Å². The van der Waals surface area contributed by atoms with Crippen molar-refractivity contribution in [2.24, 2.45) is 0 Å². The first kappa shape index (κ1) is 6.70. The van der Waals surface area contributed by atoms with Gasteiger partial charge < -0.3 is 5.11 Å². The van der Waals surface area contributed by atoms with Crippen molar-refractivity contribution in [3.05, 3.63) is 12.2 Å². The topological polar surface area (TPSA) is 61.1 Å². The van der Waals surface area contributed by atoms with E-state index in [1.807, 2.05) is 0 Å². The Bertz CT molecular complexity index is 154. The van der Waals surface area contributed by atoms with Gasteiger partial charge in [-0.3, -0.25) is 4.79 Å². The van der Waals surface area contributed by atoms with E-state index in [9.17, 15) is 4.79 Å². The Kier molecular flexibility index (Phi) is 2.35. The predicted octanol–water partition coefficient (Wildman–Crippen LogP) is 0.541. The molecule has 0 spiro atoms. The number of nitriles is 1. The zero-order valence-corrected chi connectivity index (χ0v) is 4.22. The molecule has 1 N–H and O–H groups in total. The highest BCUT2D eigenvalue weighted by molar-refractivity contribution is 5.70. The minimum Gasteiger partial charge on any atom is -0.481 e. The number of aliphatic carboxylic acids is 1. The lowest BCUT2D eigenvalue weighted by Gasteiger charge is -1.83. The van der Waals surface area contributed by atoms with E-state index in [1.165, 1.54) is 0 Å². The molecule has 0 radical (unpaired) electrons. The maximum Gasteiger partial charge on any atom is 0.308 e. The number of hydrogen-bond donors (Lipinski definition) is 1. The van der Waals surface area contributed by atoms with E-state index in [2.05, 4.69) is 6.58 Å². The van der Waals surface area contributed by atoms with E-state index in [4.69, 9.17) is 10.4 Å². The molecule has 0 heterocycles. The van der Waals surface area contributed by atoms with Crippen LogP contribution < -0.4 is 0 Å². The van der Waals surface area contributed by atoms with Gasteiger partial charge in [0.2, 0.25) is 0 Å². The van der Waals surface area contributed by atoms with Crippen LogP contribution >= 0.6 is 0 Å². The van der Waals surface area contributed by atoms with Gasteiger partial charge in [0.1, 0.15) is 0 Å². The Morgan fingerprint density at radius 3 is 2.50 bits per heavy atom. The summed E-state index contributed by atoms with van der Waals surface area (Å²) in [5.41, 5.74) is 0.0810. The molecule has 3 nitrogen and oxygen atoms in total. The number of rotatable bonds is 2. The molecule has 0 aromatic carbocycles. The van der Waals surface area contributed by atoms with Crippen LogP contribution in [0.1, 0.15) is 6.42 Å². The summed E-state index contributed by atoms with van der Waals surface area (Å²) in [6.45, 7) is 3.17. The quantitative estimate of drug-likeness (QED) is 0.529. The zero-order valence-electron chi connectivity index (χ0n) is 4.22. The van der Waals surface area contributed by atoms with Gasteiger partial charge in [-0.15, -0.1) is 0 Å². The van der Waals surface area contributed by atoms with Gasteiger partial charge in [-0.2, -0.15) is 5.26 Å². The lowest BCUT2D eigenvalue weighted by molar-refractivity contribution is -0.136. The van der Waals surface area contributed by atoms with Gasteiger partial charge >= 0.3 is 5.97 Å². The molecule has 0 amide bonds. The fourth-order valence-electron chi connectivity index (χ4n) is 0.222. The molecule has 0 aromatic rings. The third kappa shape index (κ3) is 2.91. The van der Waals surface area contributed by atoms with E-state index in [0.717, 1.165) is 0 Å². The summed E-state index contributed by atoms with van der Waals surface area (Å²) < 4.78 is 0. The Morgan fingerprint density at radius 1 is 1.88 bits per heavy atom. The fraction of sp³-hybridized carbons (Fsp3) is 0.200. The van der Waals surface area contributed by atoms with Crippen LogP contribution in [0.25, 0.3) is 0 Å². The second-order valence-corrected chi connectivity index (χ2v) is 1.29. The smallest absolute Gasteiger partial charge is 0.308 e. The van der Waals surface area contributed by atoms with Crippen molar-refractivity contribution >= 4 is 5.97 Å². The molecule has 3 heteroatoms. The molecule has 0 unspecified atom stereocenters. The standard InChI is InChI=1S/C5H5NO2/c1-4(3-6)2-5(7)8/h1-2H2,(H,7,8). The minimum absolute atomic E-state index is 0.0810. The van der Waals surface area contributed by atoms with Crippen LogP contribution in [0.5, 0.6) is 0 Å². The average Bonchev–Trinajstić information content (AvgIpc) is 1.65. The molecule has 0 aliphatic carbocycles. The molecule has 0 saturated heterocycles. The van der Waals surface area contributed by atoms with Crippen LogP contribution in [-0.4, -0.2) is 11.1 Å². The van der Waals surface area contributed by atoms with E-state index in [1.54, 1.807) is 6.07 Å². The molecule has 42 valence electrons. The lowest BCUT2D eigenvalue weighted by Crippen LogP contribution is -1.93. The van der Waals surface area contributed by atoms with Crippen molar-refractivity contribution in [3.63, 3.8) is 0 Å². The van der Waals surface area contributed by atoms with Crippen LogP contribution in [0.3, 0.4) is 0 Å². The van der Waals surface area contributed by atoms with Gasteiger partial charge in [-0.1, -0.05) is 6.58 Å². The van der Waals surface area contributed by atoms with Crippen LogP contribution in [0.15, 0.2) is 12.2 Å². The van der Waals surface area contributed by atoms with Gasteiger partial charge in [-0.05, 0) is 0 Å². The van der Waals surface area contributed by atoms with Crippen LogP contribution in [-0.2, 0) is 4.79 Å². The molecular formula is C5H5NO2. The van der Waals surface area contributed by atoms with Crippen molar-refractivity contribution in [1.29, 1.82) is 5.26 Å². The van der Waals surface area contributed by atoms with Crippen molar-refractivity contribution in [2.75, 3.05) is 0 Å². The Balaban J connectivity index is 3.61. The van der Waals surface area contributed by atoms with Crippen LogP contribution in [0.2, 0.25) is 0 Å². The SMILES string of the molecule is C=C(C#N)CC(=O)O. The maximum absolute atomic E-state index is 9.76. The zero-order chi connectivity index (χ0) is 6.57. The Labute approximate surface area is 46.9 Å². The first-order chi connectivity index (χ1) is 3.66. The minimum atomic E-state index is -1.02. The molecule has 0 saturated carbocycles. The molecule has 0 fully saturated rings. The monoisotopic (exact) mass is 111 g/mol. The van der Waals surface area contributed by atoms with Gasteiger partial charge in [-0.25, -0.2) is 0 Å². The van der Waals surface area contributed by atoms with Gasteiger partial charge in [0.15, 0.2) is 0 Å². The predicted molar refractivity (Wildman–Crippen MR) is 27.0 cm³/mol. The molecule has 0 atom stereocenters. The number of carbonyl (C=O) groups is 1. The highest BCUT2D eigenvalue weighted by Gasteiger charge is 1.97. The second-order valence-electron chi connectivity index (χ2n) is 1.29. The fourth-order valence-corrected chi connectivity index (χ4v) is 0.222. The van der Waals surface area contributed by atoms with E-state index in [-0.39, 0.29) is 12.0 Å². The molecule has 0 aliphatic rings. The van der Waals surface area contributed by atoms with Gasteiger partial charge in [0.25, 0.3) is 0 Å². The third-order valence-corrected chi connectivity index (χ3v) is 0.523. The number of carboxylic acids is 1. The average molecular weight is 111 g/mol. The molecular weight excluding hydrogens is 106 g/mol. The van der Waals surface area contributed by atoms with Crippen molar-refractivity contribution in [2.45, 2.75) is 6.42 Å². The Morgan fingerprint density at radius 2 is 2.38 bits per heavy atom. The summed E-state index contributed by atoms with van der Waals surface area (Å²) in [5, 5.41) is 16.0. The number of nitrogens with zero attached hydrogens (tertiary/aromatic N) is 1. The second kappa shape index (κ2) is 2.80.